The van der Waals surface area contributed by atoms with Crippen LogP contribution in [0.25, 0.3) is 0 Å². The summed E-state index contributed by atoms with van der Waals surface area (Å²) in [5, 5.41) is 0.135. The lowest BCUT2D eigenvalue weighted by molar-refractivity contribution is -0.143. The molecule has 0 aliphatic carbocycles. The van der Waals surface area contributed by atoms with Crippen molar-refractivity contribution in [2.24, 2.45) is 5.92 Å². The van der Waals surface area contributed by atoms with E-state index in [1.54, 1.807) is 18.7 Å². The first-order chi connectivity index (χ1) is 12.6. The van der Waals surface area contributed by atoms with E-state index in [0.717, 1.165) is 10.9 Å². The second kappa shape index (κ2) is 8.87. The molecule has 1 saturated heterocycles. The van der Waals surface area contributed by atoms with Gasteiger partial charge in [0, 0.05) is 26.5 Å². The second-order valence-corrected chi connectivity index (χ2v) is 8.66. The molecule has 5 heteroatoms. The number of thioether (sulfide) groups is 1. The predicted octanol–water partition coefficient (Wildman–Crippen LogP) is 5.45. The van der Waals surface area contributed by atoms with Crippen LogP contribution in [0.15, 0.2) is 59.1 Å². The average molecular weight is 433 g/mol. The molecule has 136 valence electrons. The van der Waals surface area contributed by atoms with Crippen LogP contribution < -0.4 is 0 Å². The predicted molar refractivity (Wildman–Crippen MR) is 108 cm³/mol. The Labute approximate surface area is 166 Å². The maximum absolute atomic E-state index is 13.1. The molecular formula is C21H21BrO3S. The van der Waals surface area contributed by atoms with Crippen LogP contribution in [-0.4, -0.2) is 23.6 Å². The van der Waals surface area contributed by atoms with Crippen molar-refractivity contribution < 1.29 is 14.3 Å². The minimum Gasteiger partial charge on any atom is -0.466 e. The van der Waals surface area contributed by atoms with Gasteiger partial charge < -0.3 is 4.74 Å². The van der Waals surface area contributed by atoms with E-state index in [1.165, 1.54) is 5.56 Å². The maximum atomic E-state index is 13.1. The fourth-order valence-corrected chi connectivity index (χ4v) is 5.45. The summed E-state index contributed by atoms with van der Waals surface area (Å²) in [4.78, 5) is 25.1. The van der Waals surface area contributed by atoms with Crippen LogP contribution in [0.5, 0.6) is 0 Å². The highest BCUT2D eigenvalue weighted by Crippen LogP contribution is 2.50. The molecule has 0 unspecified atom stereocenters. The number of rotatable bonds is 6. The third-order valence-electron chi connectivity index (χ3n) is 4.54. The molecular weight excluding hydrogens is 412 g/mol. The summed E-state index contributed by atoms with van der Waals surface area (Å²) in [5.74, 6) is -0.300. The first kappa shape index (κ1) is 19.2. The number of carbonyl (C=O) groups is 2. The van der Waals surface area contributed by atoms with E-state index < -0.39 is 0 Å². The molecule has 1 heterocycles. The summed E-state index contributed by atoms with van der Waals surface area (Å²) in [6, 6.07) is 17.5. The summed E-state index contributed by atoms with van der Waals surface area (Å²) in [6.07, 6.45) is 1.01. The maximum Gasteiger partial charge on any atom is 0.306 e. The van der Waals surface area contributed by atoms with E-state index >= 15 is 0 Å². The van der Waals surface area contributed by atoms with Gasteiger partial charge in [-0.15, -0.1) is 11.8 Å². The highest BCUT2D eigenvalue weighted by Gasteiger charge is 2.41. The Morgan fingerprint density at radius 2 is 1.92 bits per heavy atom. The van der Waals surface area contributed by atoms with Gasteiger partial charge in [0.15, 0.2) is 5.78 Å². The Bertz CT molecular complexity index is 778. The topological polar surface area (TPSA) is 43.4 Å². The summed E-state index contributed by atoms with van der Waals surface area (Å²) in [7, 11) is 0. The molecule has 3 nitrogen and oxygen atoms in total. The van der Waals surface area contributed by atoms with Gasteiger partial charge in [-0.3, -0.25) is 9.59 Å². The van der Waals surface area contributed by atoms with Crippen molar-refractivity contribution in [1.82, 2.24) is 0 Å². The normalized spacial score (nSPS) is 22.2. The smallest absolute Gasteiger partial charge is 0.306 e. The number of ether oxygens (including phenoxy) is 1. The highest BCUT2D eigenvalue weighted by atomic mass is 79.9. The quantitative estimate of drug-likeness (QED) is 0.449. The molecule has 26 heavy (non-hydrogen) atoms. The van der Waals surface area contributed by atoms with Crippen LogP contribution in [0.3, 0.4) is 0 Å². The Hall–Kier alpha value is -1.59. The molecule has 0 saturated carbocycles. The Balaban J connectivity index is 1.83. The molecule has 0 amide bonds. The molecule has 0 bridgehead atoms. The number of hydrogen-bond acceptors (Lipinski definition) is 4. The minimum atomic E-state index is -0.231. The third kappa shape index (κ3) is 4.57. The molecule has 1 aliphatic rings. The second-order valence-electron chi connectivity index (χ2n) is 6.30. The first-order valence-corrected chi connectivity index (χ1v) is 10.5. The van der Waals surface area contributed by atoms with E-state index in [0.29, 0.717) is 12.2 Å². The van der Waals surface area contributed by atoms with Gasteiger partial charge in [0.1, 0.15) is 0 Å². The van der Waals surface area contributed by atoms with Crippen LogP contribution in [0.1, 0.15) is 40.9 Å². The molecule has 3 atom stereocenters. The molecule has 2 aromatic rings. The van der Waals surface area contributed by atoms with Crippen molar-refractivity contribution in [2.45, 2.75) is 30.3 Å². The number of Topliss-reactive ketones (excluding diaryl/α,β-unsaturated/α-hetero) is 1. The van der Waals surface area contributed by atoms with E-state index in [-0.39, 0.29) is 34.6 Å². The first-order valence-electron chi connectivity index (χ1n) is 8.74. The monoisotopic (exact) mass is 432 g/mol. The zero-order chi connectivity index (χ0) is 18.5. The SMILES string of the molecule is CCOC(=O)C[C@H]1S[C@@H](c2cccc(Br)c2)C[C@@H]1C(=O)c1ccccc1. The van der Waals surface area contributed by atoms with Gasteiger partial charge in [-0.25, -0.2) is 0 Å². The van der Waals surface area contributed by atoms with Crippen molar-refractivity contribution >= 4 is 39.4 Å². The average Bonchev–Trinajstić information content (AvgIpc) is 3.06. The Morgan fingerprint density at radius 3 is 2.62 bits per heavy atom. The molecule has 3 rings (SSSR count). The van der Waals surface area contributed by atoms with Gasteiger partial charge in [-0.05, 0) is 31.0 Å². The largest absolute Gasteiger partial charge is 0.466 e. The number of halogens is 1. The van der Waals surface area contributed by atoms with Gasteiger partial charge >= 0.3 is 5.97 Å². The van der Waals surface area contributed by atoms with Crippen LogP contribution in [0.4, 0.5) is 0 Å². The fourth-order valence-electron chi connectivity index (χ4n) is 3.33. The Morgan fingerprint density at radius 1 is 1.15 bits per heavy atom. The number of hydrogen-bond donors (Lipinski definition) is 0. The zero-order valence-electron chi connectivity index (χ0n) is 14.6. The van der Waals surface area contributed by atoms with Crippen molar-refractivity contribution in [3.8, 4) is 0 Å². The van der Waals surface area contributed by atoms with Gasteiger partial charge in [-0.2, -0.15) is 0 Å². The Kier molecular flexibility index (Phi) is 6.54. The molecule has 0 radical (unpaired) electrons. The molecule has 1 aliphatic heterocycles. The van der Waals surface area contributed by atoms with Gasteiger partial charge in [0.2, 0.25) is 0 Å². The zero-order valence-corrected chi connectivity index (χ0v) is 17.0. The number of benzene rings is 2. The lowest BCUT2D eigenvalue weighted by Crippen LogP contribution is -2.25. The standard InChI is InChI=1S/C21H21BrO3S/c1-2-25-20(23)13-19-17(21(24)14-7-4-3-5-8-14)12-18(26-19)15-9-6-10-16(22)11-15/h3-11,17-19H,2,12-13H2,1H3/t17-,18+,19+/m0/s1. The molecule has 0 spiro atoms. The lowest BCUT2D eigenvalue weighted by Gasteiger charge is -2.16. The minimum absolute atomic E-state index is 0.0641. The summed E-state index contributed by atoms with van der Waals surface area (Å²) < 4.78 is 6.15. The van der Waals surface area contributed by atoms with Crippen molar-refractivity contribution in [1.29, 1.82) is 0 Å². The van der Waals surface area contributed by atoms with Crippen molar-refractivity contribution in [2.75, 3.05) is 6.61 Å². The van der Waals surface area contributed by atoms with E-state index in [1.807, 2.05) is 42.5 Å². The van der Waals surface area contributed by atoms with Crippen LogP contribution in [0, 0.1) is 5.92 Å². The van der Waals surface area contributed by atoms with E-state index in [2.05, 4.69) is 28.1 Å². The van der Waals surface area contributed by atoms with Crippen LogP contribution in [-0.2, 0) is 9.53 Å². The highest BCUT2D eigenvalue weighted by molar-refractivity contribution is 9.10. The van der Waals surface area contributed by atoms with Gasteiger partial charge in [0.05, 0.1) is 13.0 Å². The number of ketones is 1. The van der Waals surface area contributed by atoms with Crippen LogP contribution in [0.2, 0.25) is 0 Å². The fraction of sp³-hybridized carbons (Fsp3) is 0.333. The van der Waals surface area contributed by atoms with Gasteiger partial charge in [0.25, 0.3) is 0 Å². The third-order valence-corrected chi connectivity index (χ3v) is 6.68. The number of esters is 1. The van der Waals surface area contributed by atoms with E-state index in [9.17, 15) is 9.59 Å². The lowest BCUT2D eigenvalue weighted by atomic mass is 9.88. The molecule has 1 fully saturated rings. The summed E-state index contributed by atoms with van der Waals surface area (Å²) in [5.41, 5.74) is 1.89. The number of carbonyl (C=O) groups excluding carboxylic acids is 2. The van der Waals surface area contributed by atoms with E-state index in [4.69, 9.17) is 4.74 Å². The van der Waals surface area contributed by atoms with Crippen molar-refractivity contribution in [3.63, 3.8) is 0 Å². The molecule has 0 aromatic heterocycles. The molecule has 0 N–H and O–H groups in total. The summed E-state index contributed by atoms with van der Waals surface area (Å²) >= 11 is 5.23. The summed E-state index contributed by atoms with van der Waals surface area (Å²) in [6.45, 7) is 2.17. The van der Waals surface area contributed by atoms with Gasteiger partial charge in [-0.1, -0.05) is 58.4 Å². The van der Waals surface area contributed by atoms with Crippen LogP contribution >= 0.6 is 27.7 Å². The molecule has 2 aromatic carbocycles. The van der Waals surface area contributed by atoms with Crippen molar-refractivity contribution in [3.05, 3.63) is 70.2 Å².